The zero-order valence-corrected chi connectivity index (χ0v) is 19.7. The number of phenolic OH excluding ortho intramolecular Hbond substituents is 1. The second-order valence-electron chi connectivity index (χ2n) is 8.35. The zero-order valence-electron chi connectivity index (χ0n) is 19.7. The molecule has 5 N–H and O–H groups in total. The fourth-order valence-corrected chi connectivity index (χ4v) is 3.89. The molecule has 0 saturated heterocycles. The number of carbonyl (C=O) groups is 1. The molecule has 5 aromatic rings. The number of imidazole rings is 1. The van der Waals surface area contributed by atoms with Crippen LogP contribution >= 0.6 is 0 Å². The number of hydrogen-bond acceptors (Lipinski definition) is 6. The maximum absolute atomic E-state index is 14.1. The number of aromatic amines is 1. The van der Waals surface area contributed by atoms with Crippen molar-refractivity contribution in [2.75, 3.05) is 5.73 Å². The molecule has 3 aromatic heterocycles. The van der Waals surface area contributed by atoms with Gasteiger partial charge in [-0.05, 0) is 61.5 Å². The Morgan fingerprint density at radius 1 is 1.05 bits per heavy atom. The van der Waals surface area contributed by atoms with E-state index in [4.69, 9.17) is 5.73 Å². The van der Waals surface area contributed by atoms with Crippen molar-refractivity contribution in [2.45, 2.75) is 13.0 Å². The molecule has 0 spiro atoms. The number of H-pyrrole nitrogens is 1. The van der Waals surface area contributed by atoms with E-state index in [1.807, 2.05) is 24.3 Å². The molecule has 37 heavy (non-hydrogen) atoms. The molecule has 9 heteroatoms. The standard InChI is InChI=1S/C28H21FN6O2/c1-16-12-18(7-6-17-10-11-31-25(30)14-17)13-23(32-16)28(37)35-26(20-15-19(29)8-9-24(20)36)27-33-21-4-2-3-5-22(21)34-27/h2-5,8-15,26,36H,1H3,(H2,30,31)(H,33,34)(H,35,37). The van der Waals surface area contributed by atoms with Crippen LogP contribution in [-0.4, -0.2) is 30.9 Å². The molecule has 0 saturated carbocycles. The van der Waals surface area contributed by atoms with Crippen LogP contribution in [0, 0.1) is 24.6 Å². The number of aryl methyl sites for hydroxylation is 1. The molecule has 1 amide bonds. The third-order valence-corrected chi connectivity index (χ3v) is 5.58. The molecule has 0 bridgehead atoms. The van der Waals surface area contributed by atoms with Crippen molar-refractivity contribution in [3.05, 3.63) is 113 Å². The van der Waals surface area contributed by atoms with Crippen molar-refractivity contribution in [2.24, 2.45) is 0 Å². The van der Waals surface area contributed by atoms with Crippen LogP contribution in [-0.2, 0) is 0 Å². The number of anilines is 1. The van der Waals surface area contributed by atoms with Gasteiger partial charge in [-0.1, -0.05) is 24.0 Å². The number of nitrogens with two attached hydrogens (primary N) is 1. The van der Waals surface area contributed by atoms with Gasteiger partial charge in [-0.15, -0.1) is 0 Å². The molecule has 0 aliphatic rings. The lowest BCUT2D eigenvalue weighted by Crippen LogP contribution is -2.31. The van der Waals surface area contributed by atoms with Gasteiger partial charge in [0.2, 0.25) is 0 Å². The number of aromatic hydroxyl groups is 1. The number of amides is 1. The van der Waals surface area contributed by atoms with Crippen molar-refractivity contribution in [3.8, 4) is 17.6 Å². The Labute approximate surface area is 211 Å². The second kappa shape index (κ2) is 9.79. The summed E-state index contributed by atoms with van der Waals surface area (Å²) >= 11 is 0. The number of halogens is 1. The summed E-state index contributed by atoms with van der Waals surface area (Å²) in [4.78, 5) is 29.4. The van der Waals surface area contributed by atoms with Gasteiger partial charge >= 0.3 is 0 Å². The molecule has 1 unspecified atom stereocenters. The number of phenols is 1. The lowest BCUT2D eigenvalue weighted by atomic mass is 10.0. The normalized spacial score (nSPS) is 11.5. The first kappa shape index (κ1) is 23.5. The quantitative estimate of drug-likeness (QED) is 0.281. The number of hydrogen-bond donors (Lipinski definition) is 4. The molecule has 0 radical (unpaired) electrons. The minimum absolute atomic E-state index is 0.107. The number of nitrogens with zero attached hydrogens (tertiary/aromatic N) is 3. The van der Waals surface area contributed by atoms with E-state index in [0.717, 1.165) is 17.6 Å². The molecule has 1 atom stereocenters. The van der Waals surface area contributed by atoms with Gasteiger partial charge in [-0.2, -0.15) is 0 Å². The van der Waals surface area contributed by atoms with Crippen molar-refractivity contribution >= 4 is 22.8 Å². The summed E-state index contributed by atoms with van der Waals surface area (Å²) in [5, 5.41) is 13.3. The third-order valence-electron chi connectivity index (χ3n) is 5.58. The van der Waals surface area contributed by atoms with Crippen LogP contribution in [0.3, 0.4) is 0 Å². The minimum atomic E-state index is -0.979. The number of rotatable bonds is 4. The van der Waals surface area contributed by atoms with Crippen LogP contribution < -0.4 is 11.1 Å². The summed E-state index contributed by atoms with van der Waals surface area (Å²) in [6, 6.07) is 16.6. The van der Waals surface area contributed by atoms with Gasteiger partial charge in [0.1, 0.15) is 34.9 Å². The number of pyridine rings is 2. The summed E-state index contributed by atoms with van der Waals surface area (Å²) in [6.07, 6.45) is 1.57. The zero-order chi connectivity index (χ0) is 25.9. The van der Waals surface area contributed by atoms with Crippen LogP contribution in [0.25, 0.3) is 11.0 Å². The Morgan fingerprint density at radius 2 is 1.86 bits per heavy atom. The number of nitrogen functional groups attached to an aromatic ring is 1. The summed E-state index contributed by atoms with van der Waals surface area (Å²) in [6.45, 7) is 1.75. The van der Waals surface area contributed by atoms with Crippen molar-refractivity contribution < 1.29 is 14.3 Å². The Kier molecular flexibility index (Phi) is 6.22. The van der Waals surface area contributed by atoms with Crippen LogP contribution in [0.4, 0.5) is 10.2 Å². The van der Waals surface area contributed by atoms with Crippen LogP contribution in [0.1, 0.15) is 44.7 Å². The van der Waals surface area contributed by atoms with E-state index in [1.165, 1.54) is 6.07 Å². The first-order chi connectivity index (χ1) is 17.9. The van der Waals surface area contributed by atoms with Crippen molar-refractivity contribution in [3.63, 3.8) is 0 Å². The predicted octanol–water partition coefficient (Wildman–Crippen LogP) is 4.01. The molecular weight excluding hydrogens is 471 g/mol. The molecule has 3 heterocycles. The highest BCUT2D eigenvalue weighted by Crippen LogP contribution is 2.30. The Balaban J connectivity index is 1.51. The van der Waals surface area contributed by atoms with Crippen molar-refractivity contribution in [1.82, 2.24) is 25.3 Å². The number of fused-ring (bicyclic) bond motifs is 1. The second-order valence-corrected chi connectivity index (χ2v) is 8.35. The monoisotopic (exact) mass is 492 g/mol. The van der Waals surface area contributed by atoms with E-state index >= 15 is 0 Å². The van der Waals surface area contributed by atoms with Gasteiger partial charge in [-0.25, -0.2) is 19.3 Å². The fraction of sp³-hybridized carbons (Fsp3) is 0.0714. The van der Waals surface area contributed by atoms with Gasteiger partial charge in [0.15, 0.2) is 0 Å². The van der Waals surface area contributed by atoms with Gasteiger partial charge in [0, 0.05) is 28.6 Å². The van der Waals surface area contributed by atoms with E-state index in [0.29, 0.717) is 34.0 Å². The number of benzene rings is 2. The highest BCUT2D eigenvalue weighted by atomic mass is 19.1. The smallest absolute Gasteiger partial charge is 0.270 e. The lowest BCUT2D eigenvalue weighted by Gasteiger charge is -2.18. The SMILES string of the molecule is Cc1cc(C#Cc2ccnc(N)c2)cc(C(=O)NC(c2nc3ccccc3[nH]2)c2cc(F)ccc2O)n1. The third kappa shape index (κ3) is 5.23. The largest absolute Gasteiger partial charge is 0.508 e. The molecule has 2 aromatic carbocycles. The predicted molar refractivity (Wildman–Crippen MR) is 137 cm³/mol. The van der Waals surface area contributed by atoms with Gasteiger partial charge < -0.3 is 21.1 Å². The summed E-state index contributed by atoms with van der Waals surface area (Å²) in [7, 11) is 0. The molecule has 5 rings (SSSR count). The molecule has 182 valence electrons. The average Bonchev–Trinajstić information content (AvgIpc) is 3.31. The maximum Gasteiger partial charge on any atom is 0.270 e. The lowest BCUT2D eigenvalue weighted by molar-refractivity contribution is 0.0936. The highest BCUT2D eigenvalue weighted by Gasteiger charge is 2.25. The molecule has 0 aliphatic carbocycles. The number of aromatic nitrogens is 4. The van der Waals surface area contributed by atoms with Crippen LogP contribution in [0.2, 0.25) is 0 Å². The molecule has 0 aliphatic heterocycles. The molecule has 8 nitrogen and oxygen atoms in total. The minimum Gasteiger partial charge on any atom is -0.508 e. The Bertz CT molecular complexity index is 1670. The highest BCUT2D eigenvalue weighted by molar-refractivity contribution is 5.93. The van der Waals surface area contributed by atoms with Crippen LogP contribution in [0.5, 0.6) is 5.75 Å². The topological polar surface area (TPSA) is 130 Å². The summed E-state index contributed by atoms with van der Waals surface area (Å²) < 4.78 is 14.1. The average molecular weight is 493 g/mol. The number of nitrogens with one attached hydrogen (secondary N) is 2. The van der Waals surface area contributed by atoms with Crippen LogP contribution in [0.15, 0.2) is 72.9 Å². The van der Waals surface area contributed by atoms with E-state index < -0.39 is 17.8 Å². The van der Waals surface area contributed by atoms with Gasteiger partial charge in [0.05, 0.1) is 11.0 Å². The summed E-state index contributed by atoms with van der Waals surface area (Å²) in [5.74, 6) is 5.40. The number of para-hydroxylation sites is 2. The number of carbonyl (C=O) groups excluding carboxylic acids is 1. The van der Waals surface area contributed by atoms with E-state index in [9.17, 15) is 14.3 Å². The first-order valence-electron chi connectivity index (χ1n) is 11.3. The van der Waals surface area contributed by atoms with Crippen molar-refractivity contribution in [1.29, 1.82) is 0 Å². The maximum atomic E-state index is 14.1. The van der Waals surface area contributed by atoms with E-state index in [-0.39, 0.29) is 17.0 Å². The van der Waals surface area contributed by atoms with Gasteiger partial charge in [-0.3, -0.25) is 4.79 Å². The summed E-state index contributed by atoms with van der Waals surface area (Å²) in [5.41, 5.74) is 9.20. The van der Waals surface area contributed by atoms with E-state index in [1.54, 1.807) is 37.4 Å². The molecule has 0 fully saturated rings. The Morgan fingerprint density at radius 3 is 2.68 bits per heavy atom. The first-order valence-corrected chi connectivity index (χ1v) is 11.3. The molecular formula is C28H21FN6O2. The fourth-order valence-electron chi connectivity index (χ4n) is 3.89. The Hall–Kier alpha value is -5.23. The van der Waals surface area contributed by atoms with Gasteiger partial charge in [0.25, 0.3) is 5.91 Å². The van der Waals surface area contributed by atoms with E-state index in [2.05, 4.69) is 37.1 Å².